The van der Waals surface area contributed by atoms with E-state index in [0.29, 0.717) is 12.5 Å². The topological polar surface area (TPSA) is 66.0 Å². The van der Waals surface area contributed by atoms with E-state index in [0.717, 1.165) is 36.2 Å². The standard InChI is InChI=1S/C22H26N6/c1-17-10-14-28(15-11-17)20-7-5-18(6-8-20)26-22-24-13-9-21(27-22)25-16-19-4-2-3-12-23-19/h2-9,12-13,17H,10-11,14-16H2,1H3,(H2,24,25,26,27). The van der Waals surface area contributed by atoms with Gasteiger partial charge in [-0.05, 0) is 61.2 Å². The zero-order valence-corrected chi connectivity index (χ0v) is 16.2. The lowest BCUT2D eigenvalue weighted by Gasteiger charge is -2.32. The Balaban J connectivity index is 1.36. The highest BCUT2D eigenvalue weighted by Crippen LogP contribution is 2.25. The van der Waals surface area contributed by atoms with Crippen LogP contribution < -0.4 is 15.5 Å². The molecule has 0 amide bonds. The van der Waals surface area contributed by atoms with Crippen LogP contribution in [0.2, 0.25) is 0 Å². The van der Waals surface area contributed by atoms with Crippen molar-refractivity contribution in [3.05, 3.63) is 66.6 Å². The molecule has 3 aromatic rings. The Hall–Kier alpha value is -3.15. The summed E-state index contributed by atoms with van der Waals surface area (Å²) < 4.78 is 0. The fraction of sp³-hybridized carbons (Fsp3) is 0.318. The first-order valence-corrected chi connectivity index (χ1v) is 9.85. The van der Waals surface area contributed by atoms with Crippen molar-refractivity contribution in [2.45, 2.75) is 26.3 Å². The first-order chi connectivity index (χ1) is 13.8. The minimum Gasteiger partial charge on any atom is -0.372 e. The average molecular weight is 374 g/mol. The van der Waals surface area contributed by atoms with E-state index in [4.69, 9.17) is 0 Å². The van der Waals surface area contributed by atoms with Crippen molar-refractivity contribution < 1.29 is 0 Å². The maximum absolute atomic E-state index is 4.53. The van der Waals surface area contributed by atoms with Crippen LogP contribution in [-0.4, -0.2) is 28.0 Å². The molecule has 3 heterocycles. The molecule has 4 rings (SSSR count). The van der Waals surface area contributed by atoms with Gasteiger partial charge in [0.05, 0.1) is 12.2 Å². The van der Waals surface area contributed by atoms with Crippen LogP contribution in [0.15, 0.2) is 60.9 Å². The van der Waals surface area contributed by atoms with Gasteiger partial charge < -0.3 is 15.5 Å². The molecule has 0 atom stereocenters. The highest BCUT2D eigenvalue weighted by Gasteiger charge is 2.15. The molecular weight excluding hydrogens is 348 g/mol. The van der Waals surface area contributed by atoms with Gasteiger partial charge in [0, 0.05) is 36.9 Å². The molecule has 6 nitrogen and oxygen atoms in total. The molecule has 0 saturated carbocycles. The van der Waals surface area contributed by atoms with Crippen molar-refractivity contribution in [3.8, 4) is 0 Å². The van der Waals surface area contributed by atoms with Crippen LogP contribution in [0.1, 0.15) is 25.5 Å². The molecule has 2 N–H and O–H groups in total. The van der Waals surface area contributed by atoms with E-state index in [-0.39, 0.29) is 0 Å². The Morgan fingerprint density at radius 2 is 1.79 bits per heavy atom. The lowest BCUT2D eigenvalue weighted by Crippen LogP contribution is -2.32. The zero-order chi connectivity index (χ0) is 19.2. The molecular formula is C22H26N6. The maximum Gasteiger partial charge on any atom is 0.229 e. The fourth-order valence-electron chi connectivity index (χ4n) is 3.35. The fourth-order valence-corrected chi connectivity index (χ4v) is 3.35. The minimum absolute atomic E-state index is 0.575. The number of nitrogens with one attached hydrogen (secondary N) is 2. The molecule has 1 saturated heterocycles. The van der Waals surface area contributed by atoms with E-state index in [1.165, 1.54) is 18.5 Å². The smallest absolute Gasteiger partial charge is 0.229 e. The zero-order valence-electron chi connectivity index (χ0n) is 16.2. The van der Waals surface area contributed by atoms with Crippen molar-refractivity contribution in [1.82, 2.24) is 15.0 Å². The van der Waals surface area contributed by atoms with Gasteiger partial charge in [-0.3, -0.25) is 4.98 Å². The summed E-state index contributed by atoms with van der Waals surface area (Å²) in [6, 6.07) is 16.2. The summed E-state index contributed by atoms with van der Waals surface area (Å²) >= 11 is 0. The maximum atomic E-state index is 4.53. The Labute approximate surface area is 166 Å². The van der Waals surface area contributed by atoms with Crippen molar-refractivity contribution in [1.29, 1.82) is 0 Å². The highest BCUT2D eigenvalue weighted by molar-refractivity contribution is 5.60. The minimum atomic E-state index is 0.575. The van der Waals surface area contributed by atoms with E-state index < -0.39 is 0 Å². The third-order valence-electron chi connectivity index (χ3n) is 5.10. The van der Waals surface area contributed by atoms with Gasteiger partial charge in [-0.15, -0.1) is 0 Å². The predicted molar refractivity (Wildman–Crippen MR) is 114 cm³/mol. The molecule has 1 aliphatic rings. The molecule has 28 heavy (non-hydrogen) atoms. The third kappa shape index (κ3) is 4.76. The summed E-state index contributed by atoms with van der Waals surface area (Å²) in [5, 5.41) is 6.57. The lowest BCUT2D eigenvalue weighted by molar-refractivity contribution is 0.438. The van der Waals surface area contributed by atoms with Gasteiger partial charge in [-0.25, -0.2) is 4.98 Å². The van der Waals surface area contributed by atoms with Gasteiger partial charge in [-0.2, -0.15) is 4.98 Å². The van der Waals surface area contributed by atoms with Crippen LogP contribution in [0.25, 0.3) is 0 Å². The Kier molecular flexibility index (Phi) is 5.66. The number of nitrogens with zero attached hydrogens (tertiary/aromatic N) is 4. The van der Waals surface area contributed by atoms with E-state index in [9.17, 15) is 0 Å². The number of hydrogen-bond donors (Lipinski definition) is 2. The first-order valence-electron chi connectivity index (χ1n) is 9.85. The molecule has 0 bridgehead atoms. The number of anilines is 4. The van der Waals surface area contributed by atoms with Gasteiger partial charge in [0.2, 0.25) is 5.95 Å². The molecule has 6 heteroatoms. The SMILES string of the molecule is CC1CCN(c2ccc(Nc3nccc(NCc4ccccn4)n3)cc2)CC1. The molecule has 144 valence electrons. The largest absolute Gasteiger partial charge is 0.372 e. The van der Waals surface area contributed by atoms with Gasteiger partial charge in [0.1, 0.15) is 5.82 Å². The third-order valence-corrected chi connectivity index (χ3v) is 5.10. The molecule has 1 aromatic carbocycles. The number of piperidine rings is 1. The first kappa shape index (κ1) is 18.2. The molecule has 1 aliphatic heterocycles. The number of aromatic nitrogens is 3. The number of benzene rings is 1. The van der Waals surface area contributed by atoms with E-state index in [1.807, 2.05) is 24.3 Å². The quantitative estimate of drug-likeness (QED) is 0.664. The van der Waals surface area contributed by atoms with Gasteiger partial charge in [0.15, 0.2) is 0 Å². The van der Waals surface area contributed by atoms with Crippen molar-refractivity contribution >= 4 is 23.1 Å². The second kappa shape index (κ2) is 8.69. The molecule has 0 aliphatic carbocycles. The van der Waals surface area contributed by atoms with Crippen molar-refractivity contribution in [3.63, 3.8) is 0 Å². The summed E-state index contributed by atoms with van der Waals surface area (Å²) in [7, 11) is 0. The second-order valence-corrected chi connectivity index (χ2v) is 7.28. The Bertz CT molecular complexity index is 873. The van der Waals surface area contributed by atoms with E-state index >= 15 is 0 Å². The average Bonchev–Trinajstić information content (AvgIpc) is 2.75. The number of pyridine rings is 1. The van der Waals surface area contributed by atoms with E-state index in [1.54, 1.807) is 12.4 Å². The van der Waals surface area contributed by atoms with Gasteiger partial charge >= 0.3 is 0 Å². The predicted octanol–water partition coefficient (Wildman–Crippen LogP) is 4.46. The molecule has 0 spiro atoms. The highest BCUT2D eigenvalue weighted by atomic mass is 15.1. The van der Waals surface area contributed by atoms with Gasteiger partial charge in [-0.1, -0.05) is 13.0 Å². The lowest BCUT2D eigenvalue weighted by atomic mass is 9.99. The van der Waals surface area contributed by atoms with Crippen LogP contribution >= 0.6 is 0 Å². The summed E-state index contributed by atoms with van der Waals surface area (Å²) in [5.41, 5.74) is 3.23. The van der Waals surface area contributed by atoms with Crippen LogP contribution in [0, 0.1) is 5.92 Å². The van der Waals surface area contributed by atoms with Crippen LogP contribution in [0.5, 0.6) is 0 Å². The monoisotopic (exact) mass is 374 g/mol. The van der Waals surface area contributed by atoms with Crippen LogP contribution in [0.3, 0.4) is 0 Å². The number of rotatable bonds is 6. The number of hydrogen-bond acceptors (Lipinski definition) is 6. The Morgan fingerprint density at radius 1 is 0.964 bits per heavy atom. The van der Waals surface area contributed by atoms with Crippen LogP contribution in [-0.2, 0) is 6.54 Å². The molecule has 0 radical (unpaired) electrons. The normalized spacial score (nSPS) is 14.7. The van der Waals surface area contributed by atoms with E-state index in [2.05, 4.69) is 61.7 Å². The summed E-state index contributed by atoms with van der Waals surface area (Å²) in [6.07, 6.45) is 6.08. The molecule has 0 unspecified atom stereocenters. The Morgan fingerprint density at radius 3 is 2.54 bits per heavy atom. The second-order valence-electron chi connectivity index (χ2n) is 7.28. The van der Waals surface area contributed by atoms with Crippen molar-refractivity contribution in [2.24, 2.45) is 5.92 Å². The molecule has 2 aromatic heterocycles. The summed E-state index contributed by atoms with van der Waals surface area (Å²) in [4.78, 5) is 15.6. The summed E-state index contributed by atoms with van der Waals surface area (Å²) in [5.74, 6) is 2.18. The van der Waals surface area contributed by atoms with Crippen molar-refractivity contribution in [2.75, 3.05) is 28.6 Å². The summed E-state index contributed by atoms with van der Waals surface area (Å²) in [6.45, 7) is 5.24. The van der Waals surface area contributed by atoms with Gasteiger partial charge in [0.25, 0.3) is 0 Å². The van der Waals surface area contributed by atoms with Crippen LogP contribution in [0.4, 0.5) is 23.1 Å². The molecule has 1 fully saturated rings.